The number of benzene rings is 1. The first-order chi connectivity index (χ1) is 6.25. The van der Waals surface area contributed by atoms with Crippen LogP contribution in [0, 0.1) is 0 Å². The molecule has 2 N–H and O–H groups in total. The summed E-state index contributed by atoms with van der Waals surface area (Å²) in [7, 11) is 0. The molecular weight excluding hydrogens is 168 g/mol. The Morgan fingerprint density at radius 3 is 3.15 bits per heavy atom. The predicted molar refractivity (Wildman–Crippen MR) is 47.4 cm³/mol. The van der Waals surface area contributed by atoms with Crippen LogP contribution in [0.4, 0.5) is 0 Å². The summed E-state index contributed by atoms with van der Waals surface area (Å²) in [5, 5.41) is 16.2. The average molecular weight is 176 g/mol. The van der Waals surface area contributed by atoms with Gasteiger partial charge in [-0.25, -0.2) is 0 Å². The normalized spacial score (nSPS) is 10.5. The number of nitrogens with zero attached hydrogens (tertiary/aromatic N) is 1. The first kappa shape index (κ1) is 7.79. The third kappa shape index (κ3) is 1.51. The van der Waals surface area contributed by atoms with Gasteiger partial charge in [-0.2, -0.15) is 5.10 Å². The second-order valence-electron chi connectivity index (χ2n) is 2.86. The van der Waals surface area contributed by atoms with Crippen LogP contribution in [0.2, 0.25) is 0 Å². The summed E-state index contributed by atoms with van der Waals surface area (Å²) in [5.74, 6) is -0.817. The molecule has 66 valence electrons. The number of aromatic amines is 1. The summed E-state index contributed by atoms with van der Waals surface area (Å²) in [6.45, 7) is 0. The molecule has 0 unspecified atom stereocenters. The molecule has 2 aromatic rings. The zero-order valence-electron chi connectivity index (χ0n) is 6.82. The van der Waals surface area contributed by atoms with Crippen LogP contribution in [-0.4, -0.2) is 21.3 Å². The van der Waals surface area contributed by atoms with Gasteiger partial charge in [0.05, 0.1) is 18.1 Å². The van der Waals surface area contributed by atoms with Crippen molar-refractivity contribution in [2.75, 3.05) is 0 Å². The second kappa shape index (κ2) is 2.90. The van der Waals surface area contributed by atoms with Crippen molar-refractivity contribution in [1.29, 1.82) is 0 Å². The number of hydrogen-bond acceptors (Lipinski definition) is 2. The Morgan fingerprint density at radius 2 is 2.38 bits per heavy atom. The van der Waals surface area contributed by atoms with Gasteiger partial charge in [0.2, 0.25) is 0 Å². The Morgan fingerprint density at radius 1 is 1.54 bits per heavy atom. The number of aliphatic carboxylic acids is 1. The van der Waals surface area contributed by atoms with E-state index in [1.807, 2.05) is 12.1 Å². The molecule has 13 heavy (non-hydrogen) atoms. The van der Waals surface area contributed by atoms with Crippen LogP contribution in [-0.2, 0) is 11.2 Å². The zero-order valence-corrected chi connectivity index (χ0v) is 6.82. The van der Waals surface area contributed by atoms with Gasteiger partial charge in [-0.1, -0.05) is 6.07 Å². The zero-order chi connectivity index (χ0) is 9.26. The lowest BCUT2D eigenvalue weighted by molar-refractivity contribution is -0.136. The highest BCUT2D eigenvalue weighted by atomic mass is 16.4. The molecule has 0 aliphatic rings. The van der Waals surface area contributed by atoms with Crippen molar-refractivity contribution in [1.82, 2.24) is 10.2 Å². The van der Waals surface area contributed by atoms with Crippen LogP contribution in [0.25, 0.3) is 10.9 Å². The largest absolute Gasteiger partial charge is 0.481 e. The van der Waals surface area contributed by atoms with E-state index in [-0.39, 0.29) is 6.42 Å². The number of carboxylic acid groups (broad SMARTS) is 1. The summed E-state index contributed by atoms with van der Waals surface area (Å²) in [6, 6.07) is 5.45. The van der Waals surface area contributed by atoms with Gasteiger partial charge in [0.25, 0.3) is 0 Å². The topological polar surface area (TPSA) is 66.0 Å². The minimum atomic E-state index is -0.817. The third-order valence-electron chi connectivity index (χ3n) is 1.86. The van der Waals surface area contributed by atoms with Crippen molar-refractivity contribution < 1.29 is 9.90 Å². The maximum atomic E-state index is 10.4. The molecule has 0 amide bonds. The molecule has 1 aromatic carbocycles. The lowest BCUT2D eigenvalue weighted by Gasteiger charge is -1.95. The van der Waals surface area contributed by atoms with Crippen molar-refractivity contribution in [3.05, 3.63) is 30.0 Å². The molecule has 4 nitrogen and oxygen atoms in total. The van der Waals surface area contributed by atoms with Crippen molar-refractivity contribution in [2.24, 2.45) is 0 Å². The SMILES string of the molecule is O=C(O)Cc1ccc2[nH]ncc2c1. The summed E-state index contributed by atoms with van der Waals surface area (Å²) in [5.41, 5.74) is 1.72. The van der Waals surface area contributed by atoms with E-state index in [0.717, 1.165) is 16.5 Å². The van der Waals surface area contributed by atoms with E-state index in [2.05, 4.69) is 10.2 Å². The van der Waals surface area contributed by atoms with Gasteiger partial charge in [0, 0.05) is 5.39 Å². The van der Waals surface area contributed by atoms with Crippen molar-refractivity contribution in [2.45, 2.75) is 6.42 Å². The van der Waals surface area contributed by atoms with Gasteiger partial charge in [-0.3, -0.25) is 9.89 Å². The minimum absolute atomic E-state index is 0.0567. The Kier molecular flexibility index (Phi) is 1.73. The van der Waals surface area contributed by atoms with Crippen LogP contribution in [0.3, 0.4) is 0 Å². The molecule has 0 fully saturated rings. The van der Waals surface area contributed by atoms with E-state index in [1.165, 1.54) is 0 Å². The van der Waals surface area contributed by atoms with Crippen LogP contribution < -0.4 is 0 Å². The number of aromatic nitrogens is 2. The highest BCUT2D eigenvalue weighted by Gasteiger charge is 2.01. The molecule has 0 aliphatic carbocycles. The van der Waals surface area contributed by atoms with E-state index in [9.17, 15) is 4.79 Å². The maximum absolute atomic E-state index is 10.4. The van der Waals surface area contributed by atoms with Crippen molar-refractivity contribution in [3.8, 4) is 0 Å². The molecule has 4 heteroatoms. The lowest BCUT2D eigenvalue weighted by Crippen LogP contribution is -1.99. The summed E-state index contributed by atoms with van der Waals surface area (Å²) in [6.07, 6.45) is 1.74. The molecule has 0 spiro atoms. The Hall–Kier alpha value is -1.84. The molecule has 0 atom stereocenters. The number of hydrogen-bond donors (Lipinski definition) is 2. The second-order valence-corrected chi connectivity index (χ2v) is 2.86. The quantitative estimate of drug-likeness (QED) is 0.722. The van der Waals surface area contributed by atoms with Crippen LogP contribution in [0.15, 0.2) is 24.4 Å². The fourth-order valence-electron chi connectivity index (χ4n) is 1.28. The summed E-state index contributed by atoms with van der Waals surface area (Å²) >= 11 is 0. The fraction of sp³-hybridized carbons (Fsp3) is 0.111. The first-order valence-electron chi connectivity index (χ1n) is 3.89. The smallest absolute Gasteiger partial charge is 0.307 e. The van der Waals surface area contributed by atoms with Crippen LogP contribution >= 0.6 is 0 Å². The van der Waals surface area contributed by atoms with Gasteiger partial charge in [0.1, 0.15) is 0 Å². The van der Waals surface area contributed by atoms with Crippen molar-refractivity contribution in [3.63, 3.8) is 0 Å². The number of H-pyrrole nitrogens is 1. The van der Waals surface area contributed by atoms with Crippen LogP contribution in [0.1, 0.15) is 5.56 Å². The monoisotopic (exact) mass is 176 g/mol. The average Bonchev–Trinajstić information content (AvgIpc) is 2.49. The highest BCUT2D eigenvalue weighted by Crippen LogP contribution is 2.12. The predicted octanol–water partition coefficient (Wildman–Crippen LogP) is 1.19. The summed E-state index contributed by atoms with van der Waals surface area (Å²) < 4.78 is 0. The van der Waals surface area contributed by atoms with Crippen LogP contribution in [0.5, 0.6) is 0 Å². The minimum Gasteiger partial charge on any atom is -0.481 e. The molecule has 0 aliphatic heterocycles. The molecular formula is C9H8N2O2. The number of rotatable bonds is 2. The van der Waals surface area contributed by atoms with Crippen molar-refractivity contribution >= 4 is 16.9 Å². The van der Waals surface area contributed by atoms with E-state index in [4.69, 9.17) is 5.11 Å². The molecule has 0 bridgehead atoms. The van der Waals surface area contributed by atoms with E-state index in [1.54, 1.807) is 12.3 Å². The molecule has 1 aromatic heterocycles. The number of carboxylic acids is 1. The Balaban J connectivity index is 2.42. The highest BCUT2D eigenvalue weighted by molar-refractivity contribution is 5.80. The molecule has 0 radical (unpaired) electrons. The molecule has 1 heterocycles. The van der Waals surface area contributed by atoms with Gasteiger partial charge < -0.3 is 5.11 Å². The van der Waals surface area contributed by atoms with Gasteiger partial charge in [-0.05, 0) is 17.7 Å². The third-order valence-corrected chi connectivity index (χ3v) is 1.86. The van der Waals surface area contributed by atoms with E-state index in [0.29, 0.717) is 0 Å². The Bertz CT molecular complexity index is 448. The van der Waals surface area contributed by atoms with E-state index < -0.39 is 5.97 Å². The Labute approximate surface area is 74.2 Å². The fourth-order valence-corrected chi connectivity index (χ4v) is 1.28. The number of fused-ring (bicyclic) bond motifs is 1. The van der Waals surface area contributed by atoms with Gasteiger partial charge in [0.15, 0.2) is 0 Å². The molecule has 0 saturated heterocycles. The van der Waals surface area contributed by atoms with E-state index >= 15 is 0 Å². The lowest BCUT2D eigenvalue weighted by atomic mass is 10.1. The number of nitrogens with one attached hydrogen (secondary N) is 1. The molecule has 2 rings (SSSR count). The first-order valence-corrected chi connectivity index (χ1v) is 3.89. The number of carbonyl (C=O) groups is 1. The standard InChI is InChI=1S/C9H8N2O2/c12-9(13)4-6-1-2-8-7(3-6)5-10-11-8/h1-3,5H,4H2,(H,10,11)(H,12,13). The van der Waals surface area contributed by atoms with Gasteiger partial charge >= 0.3 is 5.97 Å². The molecule has 0 saturated carbocycles. The summed E-state index contributed by atoms with van der Waals surface area (Å²) in [4.78, 5) is 10.4. The maximum Gasteiger partial charge on any atom is 0.307 e. The van der Waals surface area contributed by atoms with Gasteiger partial charge in [-0.15, -0.1) is 0 Å².